The van der Waals surface area contributed by atoms with Crippen molar-refractivity contribution in [2.24, 2.45) is 0 Å². The molecule has 0 aliphatic carbocycles. The van der Waals surface area contributed by atoms with Crippen LogP contribution in [-0.2, 0) is 11.0 Å². The number of hydrogen-bond acceptors (Lipinski definition) is 3. The molecule has 0 N–H and O–H groups in total. The first kappa shape index (κ1) is 16.9. The molecule has 0 bridgehead atoms. The lowest BCUT2D eigenvalue weighted by Crippen LogP contribution is -2.21. The van der Waals surface area contributed by atoms with Crippen molar-refractivity contribution in [2.45, 2.75) is 4.90 Å². The van der Waals surface area contributed by atoms with Crippen LogP contribution in [-0.4, -0.2) is 21.2 Å². The van der Waals surface area contributed by atoms with Gasteiger partial charge in [0.2, 0.25) is 0 Å². The average molecular weight is 378 g/mol. The Labute approximate surface area is 152 Å². The van der Waals surface area contributed by atoms with Crippen molar-refractivity contribution < 1.29 is 4.21 Å². The van der Waals surface area contributed by atoms with Crippen molar-refractivity contribution in [3.63, 3.8) is 0 Å². The second-order valence-corrected chi connectivity index (χ2v) is 7.28. The Morgan fingerprint density at radius 3 is 2.42 bits per heavy atom. The molecule has 3 rings (SSSR count). The maximum Gasteiger partial charge on any atom is 0.153 e. The van der Waals surface area contributed by atoms with E-state index in [1.807, 2.05) is 36.4 Å². The third-order valence-electron chi connectivity index (χ3n) is 3.38. The highest BCUT2D eigenvalue weighted by molar-refractivity contribution is 7.86. The molecule has 7 heteroatoms. The minimum Gasteiger partial charge on any atom is -0.275 e. The predicted molar refractivity (Wildman–Crippen MR) is 98.7 cm³/mol. The molecule has 0 saturated carbocycles. The van der Waals surface area contributed by atoms with Gasteiger partial charge in [-0.1, -0.05) is 47.5 Å². The van der Waals surface area contributed by atoms with E-state index in [-0.39, 0.29) is 0 Å². The first-order valence-corrected chi connectivity index (χ1v) is 8.90. The molecule has 1 atom stereocenters. The molecule has 122 valence electrons. The minimum atomic E-state index is -1.36. The predicted octanol–water partition coefficient (Wildman–Crippen LogP) is 4.61. The maximum absolute atomic E-state index is 12.6. The highest BCUT2D eigenvalue weighted by Gasteiger charge is 2.14. The Morgan fingerprint density at radius 2 is 1.71 bits per heavy atom. The fourth-order valence-electron chi connectivity index (χ4n) is 2.11. The molecule has 0 spiro atoms. The van der Waals surface area contributed by atoms with Crippen molar-refractivity contribution >= 4 is 40.0 Å². The van der Waals surface area contributed by atoms with Gasteiger partial charge in [0.1, 0.15) is 12.1 Å². The first-order valence-electron chi connectivity index (χ1n) is 7.04. The van der Waals surface area contributed by atoms with Crippen LogP contribution in [0.3, 0.4) is 0 Å². The Hall–Kier alpha value is -1.95. The van der Waals surface area contributed by atoms with Gasteiger partial charge in [0.15, 0.2) is 11.0 Å². The number of benzene rings is 2. The fourth-order valence-corrected chi connectivity index (χ4v) is 3.39. The van der Waals surface area contributed by atoms with Crippen LogP contribution in [0.5, 0.6) is 0 Å². The zero-order valence-corrected chi connectivity index (χ0v) is 15.0. The van der Waals surface area contributed by atoms with Crippen molar-refractivity contribution in [2.75, 3.05) is 11.4 Å². The van der Waals surface area contributed by atoms with Gasteiger partial charge in [-0.15, -0.1) is 0 Å². The average Bonchev–Trinajstić information content (AvgIpc) is 2.63. The lowest BCUT2D eigenvalue weighted by molar-refractivity contribution is 0.681. The number of aromatic nitrogens is 2. The number of hydrogen-bond donors (Lipinski definition) is 0. The number of halogens is 2. The van der Waals surface area contributed by atoms with Crippen molar-refractivity contribution in [3.05, 3.63) is 71.0 Å². The minimum absolute atomic E-state index is 0.454. The third kappa shape index (κ3) is 3.59. The molecular formula is C17H13Cl2N3OS. The quantitative estimate of drug-likeness (QED) is 0.666. The molecule has 0 aliphatic heterocycles. The Bertz CT molecular complexity index is 890. The highest BCUT2D eigenvalue weighted by Crippen LogP contribution is 2.28. The van der Waals surface area contributed by atoms with E-state index in [2.05, 4.69) is 9.97 Å². The van der Waals surface area contributed by atoms with E-state index >= 15 is 0 Å². The summed E-state index contributed by atoms with van der Waals surface area (Å²) in [6.45, 7) is 0. The summed E-state index contributed by atoms with van der Waals surface area (Å²) in [5, 5.41) is 0.938. The fraction of sp³-hybridized carbons (Fsp3) is 0.0588. The van der Waals surface area contributed by atoms with Crippen LogP contribution >= 0.6 is 23.2 Å². The molecule has 1 unspecified atom stereocenters. The summed E-state index contributed by atoms with van der Waals surface area (Å²) < 4.78 is 14.2. The Kier molecular flexibility index (Phi) is 5.14. The largest absolute Gasteiger partial charge is 0.275 e. The van der Waals surface area contributed by atoms with Gasteiger partial charge < -0.3 is 0 Å². The van der Waals surface area contributed by atoms with Crippen LogP contribution in [0, 0.1) is 0 Å². The molecular weight excluding hydrogens is 365 g/mol. The van der Waals surface area contributed by atoms with Crippen LogP contribution < -0.4 is 4.31 Å². The maximum atomic E-state index is 12.6. The number of nitrogens with zero attached hydrogens (tertiary/aromatic N) is 3. The molecule has 0 saturated heterocycles. The summed E-state index contributed by atoms with van der Waals surface area (Å²) in [6.07, 6.45) is 1.44. The Balaban J connectivity index is 1.92. The molecule has 0 amide bonds. The summed E-state index contributed by atoms with van der Waals surface area (Å²) in [7, 11) is 0.370. The zero-order valence-electron chi connectivity index (χ0n) is 12.7. The molecule has 0 fully saturated rings. The van der Waals surface area contributed by atoms with E-state index in [0.717, 1.165) is 5.56 Å². The van der Waals surface area contributed by atoms with Gasteiger partial charge in [-0.2, -0.15) is 0 Å². The van der Waals surface area contributed by atoms with Gasteiger partial charge in [-0.3, -0.25) is 4.31 Å². The van der Waals surface area contributed by atoms with E-state index in [4.69, 9.17) is 23.2 Å². The molecule has 2 aromatic carbocycles. The zero-order chi connectivity index (χ0) is 17.1. The monoisotopic (exact) mass is 377 g/mol. The van der Waals surface area contributed by atoms with Gasteiger partial charge in [-0.05, 0) is 24.3 Å². The third-order valence-corrected chi connectivity index (χ3v) is 5.48. The summed E-state index contributed by atoms with van der Waals surface area (Å²) in [5.41, 5.74) is 1.49. The molecule has 3 aromatic rings. The van der Waals surface area contributed by atoms with Gasteiger partial charge in [0, 0.05) is 18.7 Å². The van der Waals surface area contributed by atoms with Crippen molar-refractivity contribution in [1.82, 2.24) is 9.97 Å². The summed E-state index contributed by atoms with van der Waals surface area (Å²) in [4.78, 5) is 9.17. The highest BCUT2D eigenvalue weighted by atomic mass is 35.5. The standard InChI is InChI=1S/C17H13Cl2N3OS/c1-22(24(23)13-5-3-2-4-6-13)17-10-16(20-11-21-17)12-7-8-14(18)15(19)9-12/h2-11H,1H3. The van der Waals surface area contributed by atoms with E-state index in [9.17, 15) is 4.21 Å². The van der Waals surface area contributed by atoms with Gasteiger partial charge in [0.05, 0.1) is 20.6 Å². The first-order chi connectivity index (χ1) is 11.6. The van der Waals surface area contributed by atoms with Crippen LogP contribution in [0.4, 0.5) is 5.82 Å². The molecule has 4 nitrogen and oxygen atoms in total. The van der Waals surface area contributed by atoms with Crippen LogP contribution in [0.25, 0.3) is 11.3 Å². The van der Waals surface area contributed by atoms with Crippen molar-refractivity contribution in [1.29, 1.82) is 0 Å². The normalized spacial score (nSPS) is 12.0. The Morgan fingerprint density at radius 1 is 0.958 bits per heavy atom. The molecule has 24 heavy (non-hydrogen) atoms. The molecule has 1 aromatic heterocycles. The lowest BCUT2D eigenvalue weighted by atomic mass is 10.1. The van der Waals surface area contributed by atoms with Gasteiger partial charge in [0.25, 0.3) is 0 Å². The smallest absolute Gasteiger partial charge is 0.153 e. The van der Waals surface area contributed by atoms with E-state index < -0.39 is 11.0 Å². The molecule has 0 radical (unpaired) electrons. The SMILES string of the molecule is CN(c1cc(-c2ccc(Cl)c(Cl)c2)ncn1)S(=O)c1ccccc1. The van der Waals surface area contributed by atoms with Crippen LogP contribution in [0.15, 0.2) is 65.8 Å². The van der Waals surface area contributed by atoms with E-state index in [1.165, 1.54) is 6.33 Å². The van der Waals surface area contributed by atoms with E-state index in [1.54, 1.807) is 29.6 Å². The van der Waals surface area contributed by atoms with Gasteiger partial charge in [-0.25, -0.2) is 14.2 Å². The second kappa shape index (κ2) is 7.30. The van der Waals surface area contributed by atoms with Crippen molar-refractivity contribution in [3.8, 4) is 11.3 Å². The topological polar surface area (TPSA) is 46.1 Å². The van der Waals surface area contributed by atoms with Gasteiger partial charge >= 0.3 is 0 Å². The number of rotatable bonds is 4. The van der Waals surface area contributed by atoms with E-state index in [0.29, 0.717) is 26.5 Å². The van der Waals surface area contributed by atoms with Crippen LogP contribution in [0.2, 0.25) is 10.0 Å². The summed E-state index contributed by atoms with van der Waals surface area (Å²) >= 11 is 12.0. The molecule has 1 heterocycles. The summed E-state index contributed by atoms with van der Waals surface area (Å²) in [6, 6.07) is 16.3. The van der Waals surface area contributed by atoms with Crippen LogP contribution in [0.1, 0.15) is 0 Å². The molecule has 0 aliphatic rings. The lowest BCUT2D eigenvalue weighted by Gasteiger charge is -2.17. The second-order valence-electron chi connectivity index (χ2n) is 4.95. The number of anilines is 1. The summed E-state index contributed by atoms with van der Waals surface area (Å²) in [5.74, 6) is 0.549.